The molecule has 3 saturated heterocycles. The van der Waals surface area contributed by atoms with E-state index in [2.05, 4.69) is 50.4 Å². The first-order chi connectivity index (χ1) is 19.8. The molecule has 5 heterocycles. The summed E-state index contributed by atoms with van der Waals surface area (Å²) in [6, 6.07) is 4.04. The van der Waals surface area contributed by atoms with Crippen molar-refractivity contribution in [3.05, 3.63) is 53.1 Å². The smallest absolute Gasteiger partial charge is 0.289 e. The van der Waals surface area contributed by atoms with Gasteiger partial charge in [0.25, 0.3) is 11.8 Å². The van der Waals surface area contributed by atoms with Crippen LogP contribution < -0.4 is 31.3 Å². The highest BCUT2D eigenvalue weighted by molar-refractivity contribution is 5.98. The number of aliphatic hydroxyl groups is 2. The molecule has 1 aromatic carbocycles. The lowest BCUT2D eigenvalue weighted by atomic mass is 9.79. The zero-order valence-corrected chi connectivity index (χ0v) is 23.4. The van der Waals surface area contributed by atoms with Crippen LogP contribution in [-0.4, -0.2) is 98.1 Å². The molecule has 2 aromatic rings. The Bertz CT molecular complexity index is 1500. The Morgan fingerprint density at radius 2 is 1.98 bits per heavy atom. The molecule has 0 bridgehead atoms. The minimum absolute atomic E-state index is 0.0275. The molecule has 15 heteroatoms. The van der Waals surface area contributed by atoms with Crippen LogP contribution in [0.25, 0.3) is 0 Å². The summed E-state index contributed by atoms with van der Waals surface area (Å²) in [5, 5.41) is 54.6. The number of benzene rings is 1. The summed E-state index contributed by atoms with van der Waals surface area (Å²) in [6.07, 6.45) is 2.27. The quantitative estimate of drug-likeness (QED) is 0.185. The van der Waals surface area contributed by atoms with E-state index in [0.717, 1.165) is 12.0 Å². The monoisotopic (exact) mass is 578 g/mol. The molecular weight excluding hydrogens is 544 g/mol. The molecule has 3 fully saturated rings. The number of rotatable bonds is 5. The molecule has 2 amide bonds. The summed E-state index contributed by atoms with van der Waals surface area (Å²) >= 11 is 0. The SMILES string of the molecule is Cc1ccnc(C(=O)NC[C@@H]2NC(=N)N3CC(NC(=O)c4cccc5c4OCCC5(C)C)C(O)(O)C34NC(=N)NC24)n1. The number of carbonyl (C=O) groups excluding carboxylic acids is 2. The molecule has 4 atom stereocenters. The third-order valence-corrected chi connectivity index (χ3v) is 8.65. The van der Waals surface area contributed by atoms with Crippen LogP contribution in [0.1, 0.15) is 52.5 Å². The highest BCUT2D eigenvalue weighted by atomic mass is 16.5. The molecule has 3 unspecified atom stereocenters. The van der Waals surface area contributed by atoms with Gasteiger partial charge in [-0.15, -0.1) is 0 Å². The fraction of sp³-hybridized carbons (Fsp3) is 0.481. The van der Waals surface area contributed by atoms with E-state index in [4.69, 9.17) is 15.6 Å². The zero-order chi connectivity index (χ0) is 30.0. The number of nitrogens with one attached hydrogen (secondary N) is 7. The Labute approximate surface area is 241 Å². The van der Waals surface area contributed by atoms with Gasteiger partial charge in [0.2, 0.25) is 11.6 Å². The number of carbonyl (C=O) groups is 2. The van der Waals surface area contributed by atoms with Gasteiger partial charge in [0, 0.05) is 30.5 Å². The highest BCUT2D eigenvalue weighted by Crippen LogP contribution is 2.44. The van der Waals surface area contributed by atoms with Crippen molar-refractivity contribution in [2.75, 3.05) is 19.7 Å². The summed E-state index contributed by atoms with van der Waals surface area (Å²) in [7, 11) is 0. The number of ether oxygens (including phenoxy) is 1. The Morgan fingerprint density at radius 3 is 2.74 bits per heavy atom. The van der Waals surface area contributed by atoms with Gasteiger partial charge in [-0.2, -0.15) is 0 Å². The lowest BCUT2D eigenvalue weighted by Gasteiger charge is -2.51. The van der Waals surface area contributed by atoms with Gasteiger partial charge in [-0.3, -0.25) is 20.4 Å². The standard InChI is InChI=1S/C27H34N10O5/c1-13-7-9-30-20(32-13)22(39)31-11-16-19-26(36-23(28)35-19)27(40,41)17(12-37(26)24(29)33-16)34-21(38)14-5-4-6-15-18(14)42-10-8-25(15,2)3/h4-7,9,16-17,19,40-41H,8,10-12H2,1-3H3,(H2,29,33)(H,31,39)(H,34,38)(H3,28,35,36)/t16-,17?,19?,26?/m0/s1. The van der Waals surface area contributed by atoms with Crippen LogP contribution in [0.4, 0.5) is 0 Å². The minimum atomic E-state index is -2.66. The van der Waals surface area contributed by atoms with Crippen molar-refractivity contribution >= 4 is 23.7 Å². The van der Waals surface area contributed by atoms with Crippen molar-refractivity contribution < 1.29 is 24.5 Å². The predicted molar refractivity (Wildman–Crippen MR) is 149 cm³/mol. The molecule has 222 valence electrons. The molecular formula is C27H34N10O5. The van der Waals surface area contributed by atoms with Crippen LogP contribution in [0.5, 0.6) is 5.75 Å². The molecule has 0 aliphatic carbocycles. The number of hydrogen-bond donors (Lipinski definition) is 9. The molecule has 9 N–H and O–H groups in total. The predicted octanol–water partition coefficient (Wildman–Crippen LogP) is -1.53. The van der Waals surface area contributed by atoms with E-state index < -0.39 is 41.4 Å². The molecule has 4 aliphatic heterocycles. The van der Waals surface area contributed by atoms with Crippen molar-refractivity contribution in [2.24, 2.45) is 0 Å². The summed E-state index contributed by atoms with van der Waals surface area (Å²) in [4.78, 5) is 35.8. The minimum Gasteiger partial charge on any atom is -0.492 e. The maximum atomic E-state index is 13.6. The highest BCUT2D eigenvalue weighted by Gasteiger charge is 2.74. The fourth-order valence-corrected chi connectivity index (χ4v) is 6.37. The molecule has 15 nitrogen and oxygen atoms in total. The zero-order valence-electron chi connectivity index (χ0n) is 23.4. The lowest BCUT2D eigenvalue weighted by molar-refractivity contribution is -0.232. The van der Waals surface area contributed by atoms with Gasteiger partial charge in [0.1, 0.15) is 11.8 Å². The average Bonchev–Trinajstić information content (AvgIpc) is 3.40. The molecule has 4 aliphatic rings. The Hall–Kier alpha value is -4.50. The van der Waals surface area contributed by atoms with Crippen molar-refractivity contribution in [2.45, 2.75) is 62.2 Å². The fourth-order valence-electron chi connectivity index (χ4n) is 6.37. The third-order valence-electron chi connectivity index (χ3n) is 8.65. The first-order valence-electron chi connectivity index (χ1n) is 13.7. The summed E-state index contributed by atoms with van der Waals surface area (Å²) in [5.41, 5.74) is -0.224. The van der Waals surface area contributed by atoms with Gasteiger partial charge in [-0.05, 0) is 30.9 Å². The van der Waals surface area contributed by atoms with Crippen LogP contribution in [0, 0.1) is 17.7 Å². The second kappa shape index (κ2) is 9.52. The summed E-state index contributed by atoms with van der Waals surface area (Å²) in [6.45, 7) is 6.13. The van der Waals surface area contributed by atoms with Crippen LogP contribution >= 0.6 is 0 Å². The number of amides is 2. The van der Waals surface area contributed by atoms with Crippen LogP contribution in [-0.2, 0) is 5.41 Å². The topological polar surface area (TPSA) is 221 Å². The molecule has 6 rings (SSSR count). The first-order valence-corrected chi connectivity index (χ1v) is 13.7. The van der Waals surface area contributed by atoms with Gasteiger partial charge in [-0.1, -0.05) is 26.0 Å². The maximum Gasteiger partial charge on any atom is 0.289 e. The van der Waals surface area contributed by atoms with E-state index in [1.165, 1.54) is 11.1 Å². The van der Waals surface area contributed by atoms with E-state index in [1.807, 2.05) is 6.07 Å². The maximum absolute atomic E-state index is 13.6. The van der Waals surface area contributed by atoms with Crippen molar-refractivity contribution in [3.63, 3.8) is 0 Å². The van der Waals surface area contributed by atoms with E-state index in [-0.39, 0.29) is 41.8 Å². The molecule has 1 aromatic heterocycles. The number of para-hydroxylation sites is 1. The van der Waals surface area contributed by atoms with Crippen LogP contribution in [0.2, 0.25) is 0 Å². The van der Waals surface area contributed by atoms with Gasteiger partial charge in [0.15, 0.2) is 17.6 Å². The van der Waals surface area contributed by atoms with Crippen molar-refractivity contribution in [1.82, 2.24) is 41.5 Å². The molecule has 42 heavy (non-hydrogen) atoms. The number of hydrogen-bond acceptors (Lipinski definition) is 9. The number of fused-ring (bicyclic) bond motifs is 1. The first kappa shape index (κ1) is 27.7. The van der Waals surface area contributed by atoms with Crippen LogP contribution in [0.15, 0.2) is 30.5 Å². The molecule has 0 radical (unpaired) electrons. The van der Waals surface area contributed by atoms with E-state index in [1.54, 1.807) is 25.1 Å². The van der Waals surface area contributed by atoms with Crippen LogP contribution in [0.3, 0.4) is 0 Å². The normalized spacial score (nSPS) is 28.2. The number of aryl methyl sites for hydroxylation is 1. The molecule has 0 saturated carbocycles. The lowest BCUT2D eigenvalue weighted by Crippen LogP contribution is -2.81. The van der Waals surface area contributed by atoms with Gasteiger partial charge < -0.3 is 46.4 Å². The summed E-state index contributed by atoms with van der Waals surface area (Å²) < 4.78 is 5.89. The third kappa shape index (κ3) is 4.10. The Morgan fingerprint density at radius 1 is 1.19 bits per heavy atom. The Kier molecular flexibility index (Phi) is 6.27. The number of aromatic nitrogens is 2. The van der Waals surface area contributed by atoms with Crippen molar-refractivity contribution in [1.29, 1.82) is 10.8 Å². The summed E-state index contributed by atoms with van der Waals surface area (Å²) in [5.74, 6) is -3.70. The van der Waals surface area contributed by atoms with E-state index >= 15 is 0 Å². The second-order valence-electron chi connectivity index (χ2n) is 11.7. The Balaban J connectivity index is 1.26. The number of guanidine groups is 2. The van der Waals surface area contributed by atoms with Gasteiger partial charge in [0.05, 0.1) is 24.3 Å². The van der Waals surface area contributed by atoms with Gasteiger partial charge >= 0.3 is 0 Å². The van der Waals surface area contributed by atoms with E-state index in [0.29, 0.717) is 18.1 Å². The van der Waals surface area contributed by atoms with Crippen molar-refractivity contribution in [3.8, 4) is 5.75 Å². The molecule has 1 spiro atoms. The second-order valence-corrected chi connectivity index (χ2v) is 11.7. The largest absolute Gasteiger partial charge is 0.492 e. The average molecular weight is 579 g/mol. The van der Waals surface area contributed by atoms with Gasteiger partial charge in [-0.25, -0.2) is 9.97 Å². The number of nitrogens with zero attached hydrogens (tertiary/aromatic N) is 3. The van der Waals surface area contributed by atoms with E-state index in [9.17, 15) is 19.8 Å².